The quantitative estimate of drug-likeness (QED) is 0.443. The molecule has 1 aromatic carbocycles. The summed E-state index contributed by atoms with van der Waals surface area (Å²) in [6.07, 6.45) is -1.77. The molecule has 0 N–H and O–H groups in total. The molecule has 0 amide bonds. The van der Waals surface area contributed by atoms with Crippen LogP contribution in [0.25, 0.3) is 0 Å². The molecular formula is C22H30O8. The van der Waals surface area contributed by atoms with E-state index in [-0.39, 0.29) is 44.0 Å². The zero-order chi connectivity index (χ0) is 22.1. The molecule has 1 fully saturated rings. The number of hydrogen-bond acceptors (Lipinski definition) is 8. The van der Waals surface area contributed by atoms with E-state index in [2.05, 4.69) is 0 Å². The molecule has 8 nitrogen and oxygen atoms in total. The van der Waals surface area contributed by atoms with Crippen LogP contribution in [0.3, 0.4) is 0 Å². The van der Waals surface area contributed by atoms with E-state index in [1.807, 2.05) is 44.2 Å². The lowest BCUT2D eigenvalue weighted by Crippen LogP contribution is -2.53. The van der Waals surface area contributed by atoms with Crippen LogP contribution in [0.1, 0.15) is 39.7 Å². The third kappa shape index (κ3) is 7.42. The highest BCUT2D eigenvalue weighted by Crippen LogP contribution is 2.33. The maximum atomic E-state index is 12.0. The summed E-state index contributed by atoms with van der Waals surface area (Å²) in [4.78, 5) is 34.6. The van der Waals surface area contributed by atoms with Crippen molar-refractivity contribution in [2.75, 3.05) is 13.2 Å². The zero-order valence-corrected chi connectivity index (χ0v) is 17.9. The molecule has 0 saturated carbocycles. The molecule has 0 aromatic heterocycles. The van der Waals surface area contributed by atoms with E-state index >= 15 is 0 Å². The fraction of sp³-hybridized carbons (Fsp3) is 0.591. The van der Waals surface area contributed by atoms with Gasteiger partial charge in [-0.25, -0.2) is 0 Å². The van der Waals surface area contributed by atoms with Gasteiger partial charge in [0.2, 0.25) is 0 Å². The van der Waals surface area contributed by atoms with Crippen LogP contribution in [0.4, 0.5) is 0 Å². The molecule has 5 unspecified atom stereocenters. The first-order chi connectivity index (χ1) is 14.3. The molecule has 0 radical (unpaired) electrons. The van der Waals surface area contributed by atoms with Gasteiger partial charge in [0.05, 0.1) is 13.0 Å². The molecule has 0 aliphatic carbocycles. The van der Waals surface area contributed by atoms with E-state index in [1.165, 1.54) is 13.8 Å². The van der Waals surface area contributed by atoms with Crippen molar-refractivity contribution in [2.24, 2.45) is 11.8 Å². The number of ether oxygens (including phenoxy) is 5. The van der Waals surface area contributed by atoms with Crippen LogP contribution < -0.4 is 0 Å². The Morgan fingerprint density at radius 3 is 2.30 bits per heavy atom. The second-order valence-corrected chi connectivity index (χ2v) is 7.40. The Morgan fingerprint density at radius 2 is 1.67 bits per heavy atom. The normalized spacial score (nSPS) is 25.9. The van der Waals surface area contributed by atoms with E-state index in [4.69, 9.17) is 23.7 Å². The van der Waals surface area contributed by atoms with Crippen molar-refractivity contribution in [3.63, 3.8) is 0 Å². The summed E-state index contributed by atoms with van der Waals surface area (Å²) in [5, 5.41) is 0. The first kappa shape index (κ1) is 23.8. The van der Waals surface area contributed by atoms with Gasteiger partial charge in [-0.3, -0.25) is 14.4 Å². The smallest absolute Gasteiger partial charge is 0.308 e. The first-order valence-electron chi connectivity index (χ1n) is 10.0. The van der Waals surface area contributed by atoms with Crippen LogP contribution in [-0.2, 0) is 44.7 Å². The van der Waals surface area contributed by atoms with Gasteiger partial charge in [0.1, 0.15) is 25.4 Å². The average molecular weight is 422 g/mol. The summed E-state index contributed by atoms with van der Waals surface area (Å²) >= 11 is 0. The number of esters is 3. The first-order valence-corrected chi connectivity index (χ1v) is 10.0. The number of hydrogen-bond donors (Lipinski definition) is 0. The third-order valence-electron chi connectivity index (χ3n) is 5.04. The van der Waals surface area contributed by atoms with Crippen molar-refractivity contribution in [2.45, 2.75) is 59.2 Å². The Kier molecular flexibility index (Phi) is 9.26. The fourth-order valence-electron chi connectivity index (χ4n) is 3.23. The second kappa shape index (κ2) is 11.7. The molecule has 0 bridgehead atoms. The molecule has 1 aliphatic heterocycles. The molecule has 1 heterocycles. The van der Waals surface area contributed by atoms with Crippen LogP contribution in [0.5, 0.6) is 0 Å². The van der Waals surface area contributed by atoms with Crippen molar-refractivity contribution < 1.29 is 38.1 Å². The summed E-state index contributed by atoms with van der Waals surface area (Å²) in [7, 11) is 0. The minimum atomic E-state index is -0.654. The minimum Gasteiger partial charge on any atom is -0.463 e. The molecule has 1 aliphatic rings. The largest absolute Gasteiger partial charge is 0.463 e. The van der Waals surface area contributed by atoms with Crippen molar-refractivity contribution in [1.29, 1.82) is 0 Å². The Hall–Kier alpha value is -2.45. The van der Waals surface area contributed by atoms with Gasteiger partial charge < -0.3 is 23.7 Å². The molecular weight excluding hydrogens is 392 g/mol. The van der Waals surface area contributed by atoms with Crippen LogP contribution >= 0.6 is 0 Å². The third-order valence-corrected chi connectivity index (χ3v) is 5.04. The van der Waals surface area contributed by atoms with Gasteiger partial charge in [-0.15, -0.1) is 0 Å². The second-order valence-electron chi connectivity index (χ2n) is 7.40. The van der Waals surface area contributed by atoms with Crippen molar-refractivity contribution >= 4 is 17.9 Å². The van der Waals surface area contributed by atoms with Crippen LogP contribution in [-0.4, -0.2) is 49.6 Å². The fourth-order valence-corrected chi connectivity index (χ4v) is 3.23. The Balaban J connectivity index is 1.85. The van der Waals surface area contributed by atoms with Gasteiger partial charge in [-0.2, -0.15) is 0 Å². The van der Waals surface area contributed by atoms with Crippen molar-refractivity contribution in [3.05, 3.63) is 35.9 Å². The summed E-state index contributed by atoms with van der Waals surface area (Å²) < 4.78 is 27.4. The monoisotopic (exact) mass is 422 g/mol. The summed E-state index contributed by atoms with van der Waals surface area (Å²) in [6, 6.07) is 9.42. The van der Waals surface area contributed by atoms with Gasteiger partial charge in [-0.1, -0.05) is 44.2 Å². The van der Waals surface area contributed by atoms with Gasteiger partial charge in [0.15, 0.2) is 6.29 Å². The van der Waals surface area contributed by atoms with Crippen LogP contribution in [0.15, 0.2) is 30.3 Å². The highest BCUT2D eigenvalue weighted by Gasteiger charge is 2.44. The molecule has 1 aromatic rings. The van der Waals surface area contributed by atoms with Gasteiger partial charge >= 0.3 is 17.9 Å². The van der Waals surface area contributed by atoms with E-state index < -0.39 is 30.4 Å². The maximum Gasteiger partial charge on any atom is 0.308 e. The van der Waals surface area contributed by atoms with Crippen molar-refractivity contribution in [1.82, 2.24) is 0 Å². The lowest BCUT2D eigenvalue weighted by Gasteiger charge is -2.43. The summed E-state index contributed by atoms with van der Waals surface area (Å²) in [5.41, 5.74) is 0.912. The van der Waals surface area contributed by atoms with E-state index in [9.17, 15) is 14.4 Å². The standard InChI is InChI=1S/C22H30O8/c1-14-15(2)22(30-19(13-27-16(3)23)21(14)29-17(4)24)26-11-10-20(25)28-12-18-8-6-5-7-9-18/h5-9,14-15,19,21-22H,10-13H2,1-4H3. The molecule has 5 atom stereocenters. The SMILES string of the molecule is CC(=O)OCC1OC(OCCC(=O)OCc2ccccc2)C(C)C(C)C1OC(C)=O. The maximum absolute atomic E-state index is 12.0. The van der Waals surface area contributed by atoms with E-state index in [0.717, 1.165) is 5.56 Å². The molecule has 0 spiro atoms. The van der Waals surface area contributed by atoms with Gasteiger partial charge in [0.25, 0.3) is 0 Å². The summed E-state index contributed by atoms with van der Waals surface area (Å²) in [6.45, 7) is 6.74. The van der Waals surface area contributed by atoms with Gasteiger partial charge in [0, 0.05) is 25.7 Å². The predicted molar refractivity (Wildman–Crippen MR) is 106 cm³/mol. The molecule has 2 rings (SSSR count). The van der Waals surface area contributed by atoms with Crippen LogP contribution in [0, 0.1) is 11.8 Å². The predicted octanol–water partition coefficient (Wildman–Crippen LogP) is 2.63. The average Bonchev–Trinajstić information content (AvgIpc) is 2.71. The van der Waals surface area contributed by atoms with E-state index in [1.54, 1.807) is 0 Å². The Bertz CT molecular complexity index is 704. The zero-order valence-electron chi connectivity index (χ0n) is 17.9. The Morgan fingerprint density at radius 1 is 0.967 bits per heavy atom. The number of benzene rings is 1. The lowest BCUT2D eigenvalue weighted by atomic mass is 9.84. The van der Waals surface area contributed by atoms with E-state index in [0.29, 0.717) is 0 Å². The van der Waals surface area contributed by atoms with Crippen molar-refractivity contribution in [3.8, 4) is 0 Å². The molecule has 8 heteroatoms. The summed E-state index contributed by atoms with van der Waals surface area (Å²) in [5.74, 6) is -1.47. The topological polar surface area (TPSA) is 97.4 Å². The number of carbonyl (C=O) groups excluding carboxylic acids is 3. The highest BCUT2D eigenvalue weighted by atomic mass is 16.7. The molecule has 1 saturated heterocycles. The highest BCUT2D eigenvalue weighted by molar-refractivity contribution is 5.69. The number of carbonyl (C=O) groups is 3. The molecule has 30 heavy (non-hydrogen) atoms. The molecule has 166 valence electrons. The lowest BCUT2D eigenvalue weighted by molar-refractivity contribution is -0.273. The Labute approximate surface area is 176 Å². The van der Waals surface area contributed by atoms with Gasteiger partial charge in [-0.05, 0) is 5.56 Å². The number of rotatable bonds is 9. The minimum absolute atomic E-state index is 0.0523. The van der Waals surface area contributed by atoms with Crippen LogP contribution in [0.2, 0.25) is 0 Å².